The van der Waals surface area contributed by atoms with E-state index in [1.807, 2.05) is 0 Å². The number of amides is 4. The van der Waals surface area contributed by atoms with E-state index in [-0.39, 0.29) is 5.75 Å². The minimum absolute atomic E-state index is 0.237. The molecule has 5 unspecified atom stereocenters. The Hall–Kier alpha value is -2.38. The average Bonchev–Trinajstić information content (AvgIpc) is 2.54. The van der Waals surface area contributed by atoms with Crippen LogP contribution >= 0.6 is 12.6 Å². The van der Waals surface area contributed by atoms with Gasteiger partial charge in [0.2, 0.25) is 23.6 Å². The number of nitrogens with two attached hydrogens (primary N) is 2. The molecule has 12 nitrogen and oxygen atoms in total. The second-order valence-electron chi connectivity index (χ2n) is 5.83. The Morgan fingerprint density at radius 3 is 1.85 bits per heavy atom. The number of aliphatic hydroxyl groups is 1. The van der Waals surface area contributed by atoms with Gasteiger partial charge in [0.05, 0.1) is 18.6 Å². The Morgan fingerprint density at radius 1 is 0.963 bits per heavy atom. The van der Waals surface area contributed by atoms with Gasteiger partial charge in [0.15, 0.2) is 0 Å². The third kappa shape index (κ3) is 8.70. The lowest BCUT2D eigenvalue weighted by atomic mass is 10.1. The van der Waals surface area contributed by atoms with Crippen LogP contribution < -0.4 is 27.4 Å². The predicted octanol–water partition coefficient (Wildman–Crippen LogP) is -3.94. The lowest BCUT2D eigenvalue weighted by Gasteiger charge is -2.25. The largest absolute Gasteiger partial charge is 0.480 e. The monoisotopic (exact) mass is 407 g/mol. The Kier molecular flexibility index (Phi) is 10.4. The van der Waals surface area contributed by atoms with E-state index in [0.717, 1.165) is 0 Å². The summed E-state index contributed by atoms with van der Waals surface area (Å²) in [6.45, 7) is 2.58. The molecule has 0 aromatic heterocycles. The molecule has 0 radical (unpaired) electrons. The molecule has 0 saturated heterocycles. The van der Waals surface area contributed by atoms with Crippen LogP contribution in [0.3, 0.4) is 0 Å². The summed E-state index contributed by atoms with van der Waals surface area (Å²) < 4.78 is 0. The third-order valence-electron chi connectivity index (χ3n) is 3.31. The topological polar surface area (TPSA) is 214 Å². The van der Waals surface area contributed by atoms with Crippen LogP contribution in [-0.2, 0) is 24.0 Å². The van der Waals surface area contributed by atoms with Gasteiger partial charge in [0.25, 0.3) is 0 Å². The van der Waals surface area contributed by atoms with Crippen molar-refractivity contribution in [3.63, 3.8) is 0 Å². The number of hydrogen-bond donors (Lipinski definition) is 8. The molecule has 4 amide bonds. The number of carbonyl (C=O) groups is 5. The third-order valence-corrected chi connectivity index (χ3v) is 3.68. The summed E-state index contributed by atoms with van der Waals surface area (Å²) in [5.74, 6) is -5.26. The number of carbonyl (C=O) groups excluding carboxylic acids is 4. The molecule has 13 heteroatoms. The van der Waals surface area contributed by atoms with E-state index in [9.17, 15) is 29.1 Å². The number of hydrogen-bond acceptors (Lipinski definition) is 8. The van der Waals surface area contributed by atoms with Gasteiger partial charge in [-0.2, -0.15) is 12.6 Å². The van der Waals surface area contributed by atoms with Crippen molar-refractivity contribution in [2.24, 2.45) is 11.5 Å². The van der Waals surface area contributed by atoms with Crippen LogP contribution in [0.4, 0.5) is 0 Å². The Bertz CT molecular complexity index is 584. The number of aliphatic carboxylic acids is 1. The van der Waals surface area contributed by atoms with Crippen molar-refractivity contribution in [2.45, 2.75) is 50.5 Å². The highest BCUT2D eigenvalue weighted by molar-refractivity contribution is 7.80. The molecule has 154 valence electrons. The van der Waals surface area contributed by atoms with Gasteiger partial charge in [-0.15, -0.1) is 0 Å². The molecule has 0 heterocycles. The van der Waals surface area contributed by atoms with E-state index >= 15 is 0 Å². The molecule has 0 rings (SSSR count). The minimum atomic E-state index is -1.52. The molecule has 0 aliphatic rings. The number of thiol groups is 1. The van der Waals surface area contributed by atoms with Gasteiger partial charge in [0, 0.05) is 5.75 Å². The molecule has 0 spiro atoms. The van der Waals surface area contributed by atoms with Crippen molar-refractivity contribution in [2.75, 3.05) is 5.75 Å². The smallest absolute Gasteiger partial charge is 0.327 e. The maximum absolute atomic E-state index is 12.3. The van der Waals surface area contributed by atoms with E-state index < -0.39 is 66.3 Å². The van der Waals surface area contributed by atoms with E-state index in [2.05, 4.69) is 28.6 Å². The minimum Gasteiger partial charge on any atom is -0.480 e. The van der Waals surface area contributed by atoms with E-state index in [1.54, 1.807) is 0 Å². The molecule has 0 aliphatic heterocycles. The number of rotatable bonds is 11. The zero-order chi connectivity index (χ0) is 21.3. The van der Waals surface area contributed by atoms with E-state index in [0.29, 0.717) is 0 Å². The van der Waals surface area contributed by atoms with Crippen LogP contribution in [0.5, 0.6) is 0 Å². The fraction of sp³-hybridized carbons (Fsp3) is 0.643. The number of carboxylic acid groups (broad SMARTS) is 1. The second-order valence-corrected chi connectivity index (χ2v) is 6.19. The van der Waals surface area contributed by atoms with Crippen LogP contribution in [0.1, 0.15) is 20.3 Å². The highest BCUT2D eigenvalue weighted by Crippen LogP contribution is 2.00. The summed E-state index contributed by atoms with van der Waals surface area (Å²) in [4.78, 5) is 58.4. The SMILES string of the molecule is CC(N)C(=O)NC(C(=O)NC(CC(N)=O)C(=O)NC(CS)C(=O)O)C(C)O. The van der Waals surface area contributed by atoms with Gasteiger partial charge < -0.3 is 37.6 Å². The standard InChI is InChI=1S/C14H25N5O7S/c1-5(15)11(22)19-10(6(2)20)13(24)17-7(3-9(16)21)12(23)18-8(4-27)14(25)26/h5-8,10,20,27H,3-4,15H2,1-2H3,(H2,16,21)(H,17,24)(H,18,23)(H,19,22)(H,25,26). The molecular weight excluding hydrogens is 382 g/mol. The number of aliphatic hydroxyl groups excluding tert-OH is 1. The van der Waals surface area contributed by atoms with Gasteiger partial charge >= 0.3 is 5.97 Å². The molecule has 0 saturated carbocycles. The first-order valence-electron chi connectivity index (χ1n) is 7.87. The van der Waals surface area contributed by atoms with Crippen molar-refractivity contribution < 1.29 is 34.2 Å². The van der Waals surface area contributed by atoms with Crippen molar-refractivity contribution in [3.05, 3.63) is 0 Å². The number of carboxylic acids is 1. The summed E-state index contributed by atoms with van der Waals surface area (Å²) in [6.07, 6.45) is -1.99. The summed E-state index contributed by atoms with van der Waals surface area (Å²) in [7, 11) is 0. The average molecular weight is 407 g/mol. The molecule has 0 fully saturated rings. The van der Waals surface area contributed by atoms with Gasteiger partial charge in [-0.1, -0.05) is 0 Å². The fourth-order valence-corrected chi connectivity index (χ4v) is 2.07. The van der Waals surface area contributed by atoms with Crippen molar-refractivity contribution in [3.8, 4) is 0 Å². The van der Waals surface area contributed by atoms with Crippen molar-refractivity contribution >= 4 is 42.2 Å². The zero-order valence-electron chi connectivity index (χ0n) is 14.8. The first kappa shape index (κ1) is 24.6. The predicted molar refractivity (Wildman–Crippen MR) is 96.4 cm³/mol. The maximum atomic E-state index is 12.3. The number of primary amides is 1. The first-order valence-corrected chi connectivity index (χ1v) is 8.50. The molecule has 0 bridgehead atoms. The second kappa shape index (κ2) is 11.4. The lowest BCUT2D eigenvalue weighted by molar-refractivity contribution is -0.142. The summed E-state index contributed by atoms with van der Waals surface area (Å²) in [5.41, 5.74) is 10.4. The van der Waals surface area contributed by atoms with Gasteiger partial charge in [0.1, 0.15) is 18.1 Å². The fourth-order valence-electron chi connectivity index (χ4n) is 1.82. The first-order chi connectivity index (χ1) is 12.4. The molecule has 0 aromatic carbocycles. The van der Waals surface area contributed by atoms with Crippen molar-refractivity contribution in [1.29, 1.82) is 0 Å². The Balaban J connectivity index is 5.31. The summed E-state index contributed by atoms with van der Waals surface area (Å²) in [5, 5.41) is 25.1. The lowest BCUT2D eigenvalue weighted by Crippen LogP contribution is -2.60. The summed E-state index contributed by atoms with van der Waals surface area (Å²) in [6, 6.07) is -5.31. The molecular formula is C14H25N5O7S. The Labute approximate surface area is 160 Å². The quantitative estimate of drug-likeness (QED) is 0.158. The van der Waals surface area contributed by atoms with E-state index in [1.165, 1.54) is 13.8 Å². The normalized spacial score (nSPS) is 16.2. The molecule has 5 atom stereocenters. The van der Waals surface area contributed by atoms with Crippen LogP contribution in [0.2, 0.25) is 0 Å². The molecule has 0 aromatic rings. The van der Waals surface area contributed by atoms with Gasteiger partial charge in [-0.05, 0) is 13.8 Å². The van der Waals surface area contributed by atoms with Crippen LogP contribution in [0.25, 0.3) is 0 Å². The van der Waals surface area contributed by atoms with Crippen LogP contribution in [0, 0.1) is 0 Å². The summed E-state index contributed by atoms with van der Waals surface area (Å²) >= 11 is 3.79. The van der Waals surface area contributed by atoms with Gasteiger partial charge in [-0.25, -0.2) is 4.79 Å². The zero-order valence-corrected chi connectivity index (χ0v) is 15.7. The van der Waals surface area contributed by atoms with Gasteiger partial charge in [-0.3, -0.25) is 19.2 Å². The van der Waals surface area contributed by atoms with Crippen LogP contribution in [-0.4, -0.2) is 75.8 Å². The van der Waals surface area contributed by atoms with E-state index in [4.69, 9.17) is 16.6 Å². The Morgan fingerprint density at radius 2 is 1.48 bits per heavy atom. The maximum Gasteiger partial charge on any atom is 0.327 e. The number of nitrogens with one attached hydrogen (secondary N) is 3. The molecule has 9 N–H and O–H groups in total. The highest BCUT2D eigenvalue weighted by atomic mass is 32.1. The van der Waals surface area contributed by atoms with Crippen LogP contribution in [0.15, 0.2) is 0 Å². The highest BCUT2D eigenvalue weighted by Gasteiger charge is 2.32. The molecule has 27 heavy (non-hydrogen) atoms. The molecule has 0 aliphatic carbocycles. The van der Waals surface area contributed by atoms with Crippen molar-refractivity contribution in [1.82, 2.24) is 16.0 Å².